The van der Waals surface area contributed by atoms with Crippen LogP contribution in [0, 0.1) is 0 Å². The number of rotatable bonds is 3. The van der Waals surface area contributed by atoms with Crippen LogP contribution in [-0.2, 0) is 15.8 Å². The second kappa shape index (κ2) is 5.39. The Morgan fingerprint density at radius 2 is 2.12 bits per heavy atom. The number of carbonyl (C=O) groups excluding carboxylic acids is 1. The molecule has 6 heteroatoms. The summed E-state index contributed by atoms with van der Waals surface area (Å²) in [6.07, 6.45) is 0.786. The van der Waals surface area contributed by atoms with Gasteiger partial charge in [0.2, 0.25) is 0 Å². The Hall–Kier alpha value is -1.24. The van der Waals surface area contributed by atoms with Crippen molar-refractivity contribution in [2.75, 3.05) is 24.6 Å². The van der Waals surface area contributed by atoms with Crippen LogP contribution in [0.4, 0.5) is 5.69 Å². The molecule has 1 aromatic rings. The monoisotopic (exact) mass is 255 g/mol. The molecular formula is C11H13NO4S. The van der Waals surface area contributed by atoms with Gasteiger partial charge in [-0.05, 0) is 24.3 Å². The van der Waals surface area contributed by atoms with Crippen molar-refractivity contribution in [1.82, 2.24) is 0 Å². The molecule has 17 heavy (non-hydrogen) atoms. The molecule has 1 saturated heterocycles. The number of hydrogen-bond donors (Lipinski definition) is 1. The zero-order valence-electron chi connectivity index (χ0n) is 9.11. The molecule has 0 spiro atoms. The Kier molecular flexibility index (Phi) is 3.88. The molecule has 0 bridgehead atoms. The highest BCUT2D eigenvalue weighted by Crippen LogP contribution is 2.18. The molecule has 2 rings (SSSR count). The van der Waals surface area contributed by atoms with Crippen molar-refractivity contribution >= 4 is 23.1 Å². The molecule has 0 aliphatic carbocycles. The Morgan fingerprint density at radius 1 is 1.41 bits per heavy atom. The second-order valence-electron chi connectivity index (χ2n) is 3.73. The van der Waals surface area contributed by atoms with Gasteiger partial charge < -0.3 is 14.2 Å². The predicted octanol–water partition coefficient (Wildman–Crippen LogP) is 0.883. The lowest BCUT2D eigenvalue weighted by Gasteiger charge is -2.32. The van der Waals surface area contributed by atoms with Crippen LogP contribution in [0.15, 0.2) is 24.3 Å². The number of ether oxygens (including phenoxy) is 1. The van der Waals surface area contributed by atoms with Gasteiger partial charge in [-0.25, -0.2) is 4.21 Å². The van der Waals surface area contributed by atoms with Gasteiger partial charge in [0, 0.05) is 17.8 Å². The van der Waals surface area contributed by atoms with E-state index in [1.807, 2.05) is 17.0 Å². The van der Waals surface area contributed by atoms with Gasteiger partial charge in [0.15, 0.2) is 16.5 Å². The van der Waals surface area contributed by atoms with Crippen LogP contribution in [0.3, 0.4) is 0 Å². The van der Waals surface area contributed by atoms with E-state index in [-0.39, 0.29) is 0 Å². The molecule has 0 amide bonds. The highest BCUT2D eigenvalue weighted by Gasteiger charge is 2.24. The van der Waals surface area contributed by atoms with Crippen molar-refractivity contribution in [3.8, 4) is 0 Å². The molecule has 0 saturated carbocycles. The zero-order chi connectivity index (χ0) is 12.3. The van der Waals surface area contributed by atoms with Gasteiger partial charge in [0.1, 0.15) is 6.29 Å². The minimum absolute atomic E-state index is 0.379. The van der Waals surface area contributed by atoms with Crippen LogP contribution >= 0.6 is 0 Å². The van der Waals surface area contributed by atoms with E-state index < -0.39 is 16.5 Å². The number of benzene rings is 1. The lowest BCUT2D eigenvalue weighted by atomic mass is 10.2. The standard InChI is InChI=1S/C11H13NO4S/c13-8-9-1-3-10(4-2-9)12-5-6-16-11(7-12)17(14)15/h1-4,8,11H,5-7H2,(H,14,15). The third-order valence-electron chi connectivity index (χ3n) is 2.65. The van der Waals surface area contributed by atoms with E-state index in [0.717, 1.165) is 12.0 Å². The topological polar surface area (TPSA) is 66.8 Å². The van der Waals surface area contributed by atoms with E-state index in [0.29, 0.717) is 25.3 Å². The van der Waals surface area contributed by atoms with Crippen LogP contribution in [0.1, 0.15) is 10.4 Å². The molecule has 0 aromatic heterocycles. The highest BCUT2D eigenvalue weighted by molar-refractivity contribution is 7.79. The van der Waals surface area contributed by atoms with Gasteiger partial charge in [-0.15, -0.1) is 0 Å². The maximum absolute atomic E-state index is 10.9. The third-order valence-corrected chi connectivity index (χ3v) is 3.39. The maximum atomic E-state index is 10.9. The molecule has 92 valence electrons. The summed E-state index contributed by atoms with van der Waals surface area (Å²) in [7, 11) is 0. The minimum Gasteiger partial charge on any atom is -0.366 e. The van der Waals surface area contributed by atoms with E-state index in [1.165, 1.54) is 0 Å². The molecule has 1 fully saturated rings. The molecule has 1 N–H and O–H groups in total. The van der Waals surface area contributed by atoms with Gasteiger partial charge in [-0.3, -0.25) is 4.79 Å². The van der Waals surface area contributed by atoms with Crippen LogP contribution in [0.25, 0.3) is 0 Å². The molecule has 0 radical (unpaired) electrons. The lowest BCUT2D eigenvalue weighted by Crippen LogP contribution is -2.44. The summed E-state index contributed by atoms with van der Waals surface area (Å²) >= 11 is -1.97. The normalized spacial score (nSPS) is 22.2. The summed E-state index contributed by atoms with van der Waals surface area (Å²) in [4.78, 5) is 12.5. The summed E-state index contributed by atoms with van der Waals surface area (Å²) < 4.78 is 25.1. The quantitative estimate of drug-likeness (QED) is 0.641. The Bertz CT molecular complexity index is 420. The number of anilines is 1. The fourth-order valence-electron chi connectivity index (χ4n) is 1.74. The van der Waals surface area contributed by atoms with E-state index in [4.69, 9.17) is 9.29 Å². The summed E-state index contributed by atoms with van der Waals surface area (Å²) in [5.74, 6) is 0. The summed E-state index contributed by atoms with van der Waals surface area (Å²) in [6, 6.07) is 7.10. The van der Waals surface area contributed by atoms with Gasteiger partial charge in [0.05, 0.1) is 13.2 Å². The third kappa shape index (κ3) is 2.91. The van der Waals surface area contributed by atoms with Crippen LogP contribution < -0.4 is 4.90 Å². The average molecular weight is 255 g/mol. The van der Waals surface area contributed by atoms with Crippen molar-refractivity contribution in [3.05, 3.63) is 29.8 Å². The van der Waals surface area contributed by atoms with Crippen molar-refractivity contribution < 1.29 is 18.3 Å². The molecule has 1 aliphatic heterocycles. The fourth-order valence-corrected chi connectivity index (χ4v) is 2.26. The number of morpholine rings is 1. The second-order valence-corrected chi connectivity index (χ2v) is 4.81. The maximum Gasteiger partial charge on any atom is 0.184 e. The van der Waals surface area contributed by atoms with E-state index in [2.05, 4.69) is 0 Å². The first kappa shape index (κ1) is 12.2. The molecule has 2 atom stereocenters. The van der Waals surface area contributed by atoms with Crippen molar-refractivity contribution in [2.45, 2.75) is 5.44 Å². The molecule has 1 heterocycles. The van der Waals surface area contributed by atoms with Crippen molar-refractivity contribution in [2.24, 2.45) is 0 Å². The summed E-state index contributed by atoms with van der Waals surface area (Å²) in [5, 5.41) is 0. The first-order valence-corrected chi connectivity index (χ1v) is 6.39. The number of hydrogen-bond acceptors (Lipinski definition) is 4. The van der Waals surface area contributed by atoms with Gasteiger partial charge in [-0.2, -0.15) is 0 Å². The van der Waals surface area contributed by atoms with Crippen LogP contribution in [0.5, 0.6) is 0 Å². The van der Waals surface area contributed by atoms with Crippen LogP contribution in [-0.4, -0.2) is 40.2 Å². The molecule has 5 nitrogen and oxygen atoms in total. The van der Waals surface area contributed by atoms with Gasteiger partial charge >= 0.3 is 0 Å². The molecule has 1 aliphatic rings. The SMILES string of the molecule is O=Cc1ccc(N2CCOC(S(=O)O)C2)cc1. The van der Waals surface area contributed by atoms with Gasteiger partial charge in [-0.1, -0.05) is 0 Å². The highest BCUT2D eigenvalue weighted by atomic mass is 32.2. The van der Waals surface area contributed by atoms with Crippen molar-refractivity contribution in [3.63, 3.8) is 0 Å². The Morgan fingerprint density at radius 3 is 2.71 bits per heavy atom. The largest absolute Gasteiger partial charge is 0.366 e. The first-order chi connectivity index (χ1) is 8.20. The number of carbonyl (C=O) groups is 1. The Labute approximate surface area is 102 Å². The first-order valence-electron chi connectivity index (χ1n) is 5.22. The zero-order valence-corrected chi connectivity index (χ0v) is 9.93. The van der Waals surface area contributed by atoms with E-state index in [9.17, 15) is 9.00 Å². The number of nitrogens with zero attached hydrogens (tertiary/aromatic N) is 1. The minimum atomic E-state index is -1.97. The summed E-state index contributed by atoms with van der Waals surface area (Å²) in [6.45, 7) is 1.48. The average Bonchev–Trinajstić information content (AvgIpc) is 2.39. The van der Waals surface area contributed by atoms with E-state index >= 15 is 0 Å². The molecule has 1 aromatic carbocycles. The molecular weight excluding hydrogens is 242 g/mol. The van der Waals surface area contributed by atoms with Gasteiger partial charge in [0.25, 0.3) is 0 Å². The van der Waals surface area contributed by atoms with E-state index in [1.54, 1.807) is 12.1 Å². The Balaban J connectivity index is 2.10. The lowest BCUT2D eigenvalue weighted by molar-refractivity contribution is 0.0902. The summed E-state index contributed by atoms with van der Waals surface area (Å²) in [5.41, 5.74) is 0.869. The fraction of sp³-hybridized carbons (Fsp3) is 0.364. The van der Waals surface area contributed by atoms with Crippen LogP contribution in [0.2, 0.25) is 0 Å². The number of aldehydes is 1. The van der Waals surface area contributed by atoms with Crippen molar-refractivity contribution in [1.29, 1.82) is 0 Å². The smallest absolute Gasteiger partial charge is 0.184 e. The predicted molar refractivity (Wildman–Crippen MR) is 64.6 cm³/mol. The molecule has 2 unspecified atom stereocenters.